The number of aliphatic hydroxyl groups is 2. The molecule has 2 aromatic heterocycles. The molecule has 0 bridgehead atoms. The number of hydrogen-bond donors (Lipinski definition) is 5. The van der Waals surface area contributed by atoms with Crippen molar-refractivity contribution in [2.75, 3.05) is 20.3 Å². The summed E-state index contributed by atoms with van der Waals surface area (Å²) in [6.07, 6.45) is 2.55. The van der Waals surface area contributed by atoms with E-state index >= 15 is 0 Å². The Hall–Kier alpha value is -3.46. The number of benzene rings is 2. The number of phenols is 1. The van der Waals surface area contributed by atoms with Gasteiger partial charge in [0.25, 0.3) is 0 Å². The molecule has 0 fully saturated rings. The van der Waals surface area contributed by atoms with E-state index in [-0.39, 0.29) is 17.8 Å². The van der Waals surface area contributed by atoms with Gasteiger partial charge >= 0.3 is 0 Å². The Labute approximate surface area is 204 Å². The Morgan fingerprint density at radius 1 is 1.11 bits per heavy atom. The summed E-state index contributed by atoms with van der Waals surface area (Å²) in [4.78, 5) is 12.2. The number of phenolic OH excluding ortho intramolecular Hbond substituents is 1. The van der Waals surface area contributed by atoms with Crippen molar-refractivity contribution >= 4 is 11.0 Å². The average Bonchev–Trinajstić information content (AvgIpc) is 3.30. The minimum Gasteiger partial charge on any atom is -0.507 e. The maximum atomic E-state index is 10.6. The quantitative estimate of drug-likeness (QED) is 0.170. The van der Waals surface area contributed by atoms with Crippen LogP contribution in [-0.4, -0.2) is 50.5 Å². The Kier molecular flexibility index (Phi) is 7.35. The van der Waals surface area contributed by atoms with Gasteiger partial charge in [0.05, 0.1) is 23.7 Å². The molecule has 0 spiro atoms. The number of pyridine rings is 1. The van der Waals surface area contributed by atoms with Gasteiger partial charge in [-0.15, -0.1) is 0 Å². The Bertz CT molecular complexity index is 1300. The fourth-order valence-corrected chi connectivity index (χ4v) is 3.99. The number of aromatic amines is 1. The van der Waals surface area contributed by atoms with Crippen LogP contribution in [0.5, 0.6) is 11.6 Å². The summed E-state index contributed by atoms with van der Waals surface area (Å²) >= 11 is 0. The minimum absolute atomic E-state index is 0.100. The molecule has 0 aliphatic rings. The average molecular weight is 477 g/mol. The van der Waals surface area contributed by atoms with E-state index in [4.69, 9.17) is 4.74 Å². The number of methoxy groups -OCH3 is 1. The zero-order valence-corrected chi connectivity index (χ0v) is 20.2. The molecule has 2 heterocycles. The number of aromatic nitrogens is 3. The summed E-state index contributed by atoms with van der Waals surface area (Å²) in [5.41, 5.74) is 4.28. The first-order valence-corrected chi connectivity index (χ1v) is 11.7. The lowest BCUT2D eigenvalue weighted by Gasteiger charge is -2.22. The van der Waals surface area contributed by atoms with Crippen molar-refractivity contribution in [1.29, 1.82) is 0 Å². The predicted molar refractivity (Wildman–Crippen MR) is 136 cm³/mol. The topological polar surface area (TPSA) is 124 Å². The number of nitrogens with one attached hydrogen (secondary N) is 2. The molecule has 0 radical (unpaired) electrons. The second-order valence-electron chi connectivity index (χ2n) is 9.44. The number of fused-ring (bicyclic) bond motifs is 1. The van der Waals surface area contributed by atoms with Gasteiger partial charge in [-0.1, -0.05) is 26.0 Å². The van der Waals surface area contributed by atoms with Crippen LogP contribution in [0.2, 0.25) is 0 Å². The van der Waals surface area contributed by atoms with Crippen molar-refractivity contribution in [3.63, 3.8) is 0 Å². The van der Waals surface area contributed by atoms with Crippen LogP contribution in [0.25, 0.3) is 33.5 Å². The van der Waals surface area contributed by atoms with Gasteiger partial charge in [-0.3, -0.25) is 5.32 Å². The first-order chi connectivity index (χ1) is 16.8. The smallest absolute Gasteiger partial charge is 0.221 e. The summed E-state index contributed by atoms with van der Waals surface area (Å²) in [5, 5.41) is 33.6. The van der Waals surface area contributed by atoms with Gasteiger partial charge in [-0.2, -0.15) is 0 Å². The maximum Gasteiger partial charge on any atom is 0.221 e. The monoisotopic (exact) mass is 476 g/mol. The molecule has 0 saturated heterocycles. The van der Waals surface area contributed by atoms with E-state index in [1.54, 1.807) is 19.4 Å². The van der Waals surface area contributed by atoms with Gasteiger partial charge in [0.15, 0.2) is 0 Å². The molecule has 8 nitrogen and oxygen atoms in total. The third-order valence-electron chi connectivity index (χ3n) is 6.14. The molecule has 4 aromatic rings. The maximum absolute atomic E-state index is 10.6. The summed E-state index contributed by atoms with van der Waals surface area (Å²) in [7, 11) is 1.57. The van der Waals surface area contributed by atoms with Crippen LogP contribution in [-0.2, 0) is 0 Å². The zero-order valence-electron chi connectivity index (χ0n) is 20.2. The van der Waals surface area contributed by atoms with E-state index in [9.17, 15) is 15.3 Å². The van der Waals surface area contributed by atoms with Gasteiger partial charge < -0.3 is 25.0 Å². The molecule has 1 unspecified atom stereocenters. The minimum atomic E-state index is -0.821. The highest BCUT2D eigenvalue weighted by Gasteiger charge is 2.17. The molecule has 35 heavy (non-hydrogen) atoms. The highest BCUT2D eigenvalue weighted by Crippen LogP contribution is 2.36. The van der Waals surface area contributed by atoms with Crippen LogP contribution in [0.1, 0.15) is 38.5 Å². The van der Waals surface area contributed by atoms with Crippen LogP contribution in [0, 0.1) is 5.41 Å². The van der Waals surface area contributed by atoms with Crippen LogP contribution < -0.4 is 10.1 Å². The van der Waals surface area contributed by atoms with E-state index in [0.29, 0.717) is 29.4 Å². The highest BCUT2D eigenvalue weighted by atomic mass is 16.5. The van der Waals surface area contributed by atoms with Gasteiger partial charge in [-0.25, -0.2) is 9.97 Å². The van der Waals surface area contributed by atoms with E-state index < -0.39 is 6.23 Å². The lowest BCUT2D eigenvalue weighted by atomic mass is 9.89. The molecular weight excluding hydrogens is 444 g/mol. The number of imidazole rings is 1. The summed E-state index contributed by atoms with van der Waals surface area (Å²) < 4.78 is 5.38. The Morgan fingerprint density at radius 2 is 1.94 bits per heavy atom. The van der Waals surface area contributed by atoms with Gasteiger partial charge in [0.1, 0.15) is 17.8 Å². The molecular formula is C27H32N4O4. The molecule has 8 heteroatoms. The molecule has 4 rings (SSSR count). The Balaban J connectivity index is 1.55. The Morgan fingerprint density at radius 3 is 2.71 bits per heavy atom. The normalized spacial score (nSPS) is 12.7. The van der Waals surface area contributed by atoms with E-state index in [1.165, 1.54) is 0 Å². The van der Waals surface area contributed by atoms with Crippen molar-refractivity contribution in [3.8, 4) is 34.1 Å². The van der Waals surface area contributed by atoms with Crippen molar-refractivity contribution < 1.29 is 20.1 Å². The summed E-state index contributed by atoms with van der Waals surface area (Å²) in [6.45, 7) is 4.82. The van der Waals surface area contributed by atoms with Crippen molar-refractivity contribution in [2.45, 2.75) is 32.9 Å². The van der Waals surface area contributed by atoms with E-state index in [0.717, 1.165) is 35.0 Å². The number of rotatable bonds is 10. The molecule has 2 aromatic carbocycles. The number of H-pyrrole nitrogens is 1. The standard InChI is InChI=1S/C27H32N4O4/c1-27(2,16-32)11-5-13-28-25(34)18-7-9-21-22(15-18)31-24(30-21)20-14-17(8-10-23(20)33)19-6-4-12-29-26(19)35-3/h4,6-10,12,14-15,25,28,32-34H,5,11,13,16H2,1-3H3,(H,30,31). The molecule has 0 aliphatic carbocycles. The van der Waals surface area contributed by atoms with Gasteiger partial charge in [-0.05, 0) is 72.3 Å². The molecule has 0 saturated carbocycles. The third kappa shape index (κ3) is 5.62. The number of nitrogens with zero attached hydrogens (tertiary/aromatic N) is 2. The predicted octanol–water partition coefficient (Wildman–Crippen LogP) is 4.39. The first kappa shape index (κ1) is 24.7. The third-order valence-corrected chi connectivity index (χ3v) is 6.14. The summed E-state index contributed by atoms with van der Waals surface area (Å²) in [5.74, 6) is 1.12. The van der Waals surface area contributed by atoms with Crippen LogP contribution in [0.3, 0.4) is 0 Å². The van der Waals surface area contributed by atoms with Crippen LogP contribution in [0.15, 0.2) is 54.7 Å². The highest BCUT2D eigenvalue weighted by molar-refractivity contribution is 5.83. The molecule has 0 aliphatic heterocycles. The fraction of sp³-hybridized carbons (Fsp3) is 0.333. The summed E-state index contributed by atoms with van der Waals surface area (Å²) in [6, 6.07) is 14.6. The fourth-order valence-electron chi connectivity index (χ4n) is 3.99. The lowest BCUT2D eigenvalue weighted by molar-refractivity contribution is 0.127. The van der Waals surface area contributed by atoms with Crippen molar-refractivity contribution in [2.24, 2.45) is 5.41 Å². The molecule has 1 atom stereocenters. The number of aliphatic hydroxyl groups excluding tert-OH is 2. The second kappa shape index (κ2) is 10.4. The number of aromatic hydroxyl groups is 1. The molecule has 184 valence electrons. The van der Waals surface area contributed by atoms with E-state index in [1.807, 2.05) is 56.3 Å². The number of ether oxygens (including phenoxy) is 1. The first-order valence-electron chi connectivity index (χ1n) is 11.7. The van der Waals surface area contributed by atoms with Gasteiger partial charge in [0.2, 0.25) is 5.88 Å². The van der Waals surface area contributed by atoms with Crippen molar-refractivity contribution in [1.82, 2.24) is 20.3 Å². The SMILES string of the molecule is COc1ncccc1-c1ccc(O)c(-c2nc3ccc(C(O)NCCCC(C)(C)CO)cc3[nH]2)c1. The van der Waals surface area contributed by atoms with E-state index in [2.05, 4.69) is 20.3 Å². The number of hydrogen-bond acceptors (Lipinski definition) is 7. The molecule has 0 amide bonds. The van der Waals surface area contributed by atoms with Crippen LogP contribution >= 0.6 is 0 Å². The largest absolute Gasteiger partial charge is 0.507 e. The van der Waals surface area contributed by atoms with Gasteiger partial charge in [0, 0.05) is 18.4 Å². The van der Waals surface area contributed by atoms with Crippen molar-refractivity contribution in [3.05, 3.63) is 60.3 Å². The zero-order chi connectivity index (χ0) is 25.0. The second-order valence-corrected chi connectivity index (χ2v) is 9.44. The van der Waals surface area contributed by atoms with Crippen LogP contribution in [0.4, 0.5) is 0 Å². The molecule has 5 N–H and O–H groups in total. The lowest BCUT2D eigenvalue weighted by Crippen LogP contribution is -2.24.